The summed E-state index contributed by atoms with van der Waals surface area (Å²) in [4.78, 5) is 0. The number of nitrogens with one attached hydrogen (secondary N) is 1. The minimum atomic E-state index is -0.185. The van der Waals surface area contributed by atoms with E-state index in [1.165, 1.54) is 12.8 Å². The van der Waals surface area contributed by atoms with Crippen LogP contribution in [0, 0.1) is 11.8 Å². The smallest absolute Gasteiger partial charge is 0.0515 e. The number of ether oxygens (including phenoxy) is 1. The average Bonchev–Trinajstić information content (AvgIpc) is 2.26. The van der Waals surface area contributed by atoms with Crippen LogP contribution in [0.1, 0.15) is 40.0 Å². The predicted octanol–water partition coefficient (Wildman–Crippen LogP) is 1.80. The Balaban J connectivity index is 2.15. The molecule has 3 heteroatoms. The highest BCUT2D eigenvalue weighted by Crippen LogP contribution is 2.18. The third-order valence-corrected chi connectivity index (χ3v) is 3.50. The quantitative estimate of drug-likeness (QED) is 0.730. The van der Waals surface area contributed by atoms with Crippen LogP contribution in [0.4, 0.5) is 0 Å². The summed E-state index contributed by atoms with van der Waals surface area (Å²) in [5.74, 6) is 1.30. The van der Waals surface area contributed by atoms with E-state index in [-0.39, 0.29) is 6.10 Å². The topological polar surface area (TPSA) is 41.5 Å². The van der Waals surface area contributed by atoms with Crippen LogP contribution >= 0.6 is 0 Å². The fourth-order valence-electron chi connectivity index (χ4n) is 2.44. The van der Waals surface area contributed by atoms with Gasteiger partial charge in [0.15, 0.2) is 0 Å². The molecule has 1 heterocycles. The Morgan fingerprint density at radius 3 is 2.44 bits per heavy atom. The molecule has 0 bridgehead atoms. The molecule has 3 nitrogen and oxygen atoms in total. The summed E-state index contributed by atoms with van der Waals surface area (Å²) in [6.45, 7) is 9.16. The molecule has 3 unspecified atom stereocenters. The summed E-state index contributed by atoms with van der Waals surface area (Å²) in [6.07, 6.45) is 3.06. The van der Waals surface area contributed by atoms with Gasteiger partial charge in [-0.3, -0.25) is 0 Å². The van der Waals surface area contributed by atoms with Crippen molar-refractivity contribution in [3.8, 4) is 0 Å². The Morgan fingerprint density at radius 1 is 1.25 bits per heavy atom. The van der Waals surface area contributed by atoms with E-state index in [0.29, 0.717) is 12.0 Å². The minimum absolute atomic E-state index is 0.185. The maximum absolute atomic E-state index is 9.29. The van der Waals surface area contributed by atoms with Gasteiger partial charge in [0, 0.05) is 19.3 Å². The van der Waals surface area contributed by atoms with E-state index >= 15 is 0 Å². The molecule has 0 aromatic carbocycles. The van der Waals surface area contributed by atoms with Crippen LogP contribution in [0.25, 0.3) is 0 Å². The monoisotopic (exact) mass is 229 g/mol. The van der Waals surface area contributed by atoms with Crippen LogP contribution in [-0.2, 0) is 4.74 Å². The zero-order chi connectivity index (χ0) is 12.0. The summed E-state index contributed by atoms with van der Waals surface area (Å²) in [6, 6.07) is 0.570. The van der Waals surface area contributed by atoms with Gasteiger partial charge in [0.25, 0.3) is 0 Å². The van der Waals surface area contributed by atoms with Gasteiger partial charge in [-0.2, -0.15) is 0 Å². The third kappa shape index (κ3) is 5.28. The first-order valence-electron chi connectivity index (χ1n) is 6.58. The molecule has 0 aliphatic carbocycles. The number of aliphatic hydroxyl groups excluding tert-OH is 1. The van der Waals surface area contributed by atoms with E-state index in [1.807, 2.05) is 6.92 Å². The SMILES string of the molecule is CC(O)CC(C)CNC(C)C1CCOCC1. The fourth-order valence-corrected chi connectivity index (χ4v) is 2.44. The van der Waals surface area contributed by atoms with Crippen molar-refractivity contribution in [2.45, 2.75) is 52.2 Å². The van der Waals surface area contributed by atoms with Crippen molar-refractivity contribution in [1.82, 2.24) is 5.32 Å². The molecule has 2 N–H and O–H groups in total. The third-order valence-electron chi connectivity index (χ3n) is 3.50. The van der Waals surface area contributed by atoms with E-state index < -0.39 is 0 Å². The number of rotatable bonds is 6. The van der Waals surface area contributed by atoms with Gasteiger partial charge >= 0.3 is 0 Å². The fraction of sp³-hybridized carbons (Fsp3) is 1.00. The Morgan fingerprint density at radius 2 is 1.88 bits per heavy atom. The minimum Gasteiger partial charge on any atom is -0.393 e. The van der Waals surface area contributed by atoms with Crippen molar-refractivity contribution in [3.05, 3.63) is 0 Å². The molecule has 1 aliphatic rings. The summed E-state index contributed by atoms with van der Waals surface area (Å²) in [7, 11) is 0. The highest BCUT2D eigenvalue weighted by Gasteiger charge is 2.20. The second-order valence-electron chi connectivity index (χ2n) is 5.34. The molecule has 16 heavy (non-hydrogen) atoms. The van der Waals surface area contributed by atoms with Crippen molar-refractivity contribution in [3.63, 3.8) is 0 Å². The number of aliphatic hydroxyl groups is 1. The van der Waals surface area contributed by atoms with Crippen molar-refractivity contribution >= 4 is 0 Å². The van der Waals surface area contributed by atoms with Crippen LogP contribution < -0.4 is 5.32 Å². The van der Waals surface area contributed by atoms with Crippen LogP contribution in [0.15, 0.2) is 0 Å². The lowest BCUT2D eigenvalue weighted by molar-refractivity contribution is 0.0552. The van der Waals surface area contributed by atoms with Crippen molar-refractivity contribution in [2.75, 3.05) is 19.8 Å². The summed E-state index contributed by atoms with van der Waals surface area (Å²) in [5, 5.41) is 12.9. The molecule has 1 fully saturated rings. The van der Waals surface area contributed by atoms with Gasteiger partial charge in [0.1, 0.15) is 0 Å². The van der Waals surface area contributed by atoms with E-state index in [1.54, 1.807) is 0 Å². The number of hydrogen-bond donors (Lipinski definition) is 2. The Kier molecular flexibility index (Phi) is 6.32. The van der Waals surface area contributed by atoms with Gasteiger partial charge in [-0.05, 0) is 51.5 Å². The summed E-state index contributed by atoms with van der Waals surface area (Å²) >= 11 is 0. The van der Waals surface area contributed by atoms with Crippen LogP contribution in [0.3, 0.4) is 0 Å². The molecule has 1 rings (SSSR count). The first kappa shape index (κ1) is 13.9. The maximum atomic E-state index is 9.29. The molecule has 1 aliphatic heterocycles. The summed E-state index contributed by atoms with van der Waals surface area (Å²) in [5.41, 5.74) is 0. The summed E-state index contributed by atoms with van der Waals surface area (Å²) < 4.78 is 5.37. The van der Waals surface area contributed by atoms with Gasteiger partial charge in [-0.15, -0.1) is 0 Å². The van der Waals surface area contributed by atoms with Crippen LogP contribution in [-0.4, -0.2) is 37.0 Å². The number of hydrogen-bond acceptors (Lipinski definition) is 3. The van der Waals surface area contributed by atoms with Gasteiger partial charge in [0.2, 0.25) is 0 Å². The molecule has 96 valence electrons. The van der Waals surface area contributed by atoms with Gasteiger partial charge in [-0.25, -0.2) is 0 Å². The van der Waals surface area contributed by atoms with Gasteiger partial charge in [-0.1, -0.05) is 6.92 Å². The predicted molar refractivity (Wildman–Crippen MR) is 66.5 cm³/mol. The molecule has 0 saturated carbocycles. The van der Waals surface area contributed by atoms with Gasteiger partial charge in [0.05, 0.1) is 6.10 Å². The molecule has 0 amide bonds. The molecule has 0 radical (unpaired) electrons. The van der Waals surface area contributed by atoms with E-state index in [0.717, 1.165) is 32.1 Å². The van der Waals surface area contributed by atoms with Crippen LogP contribution in [0.5, 0.6) is 0 Å². The average molecular weight is 229 g/mol. The molecule has 1 saturated heterocycles. The molecule has 0 aromatic heterocycles. The highest BCUT2D eigenvalue weighted by molar-refractivity contribution is 4.75. The van der Waals surface area contributed by atoms with E-state index in [4.69, 9.17) is 4.74 Å². The molecule has 3 atom stereocenters. The Hall–Kier alpha value is -0.120. The second kappa shape index (κ2) is 7.25. The molecular weight excluding hydrogens is 202 g/mol. The van der Waals surface area contributed by atoms with E-state index in [2.05, 4.69) is 19.2 Å². The van der Waals surface area contributed by atoms with Gasteiger partial charge < -0.3 is 15.2 Å². The highest BCUT2D eigenvalue weighted by atomic mass is 16.5. The van der Waals surface area contributed by atoms with Crippen molar-refractivity contribution in [1.29, 1.82) is 0 Å². The Bertz CT molecular complexity index is 179. The zero-order valence-electron chi connectivity index (χ0n) is 10.9. The molecule has 0 aromatic rings. The maximum Gasteiger partial charge on any atom is 0.0515 e. The first-order chi connectivity index (χ1) is 7.59. The standard InChI is InChI=1S/C13H27NO2/c1-10(8-11(2)15)9-14-12(3)13-4-6-16-7-5-13/h10-15H,4-9H2,1-3H3. The van der Waals surface area contributed by atoms with Crippen molar-refractivity contribution in [2.24, 2.45) is 11.8 Å². The van der Waals surface area contributed by atoms with E-state index in [9.17, 15) is 5.11 Å². The molecule has 0 spiro atoms. The second-order valence-corrected chi connectivity index (χ2v) is 5.34. The Labute approximate surface area is 99.6 Å². The van der Waals surface area contributed by atoms with Crippen LogP contribution in [0.2, 0.25) is 0 Å². The lowest BCUT2D eigenvalue weighted by Gasteiger charge is -2.29. The van der Waals surface area contributed by atoms with Crippen molar-refractivity contribution < 1.29 is 9.84 Å². The lowest BCUT2D eigenvalue weighted by atomic mass is 9.92. The lowest BCUT2D eigenvalue weighted by Crippen LogP contribution is -2.39. The molecular formula is C13H27NO2. The largest absolute Gasteiger partial charge is 0.393 e. The zero-order valence-corrected chi connectivity index (χ0v) is 10.9. The normalized spacial score (nSPS) is 24.0. The first-order valence-corrected chi connectivity index (χ1v) is 6.58.